The Balaban J connectivity index is 1.37. The smallest absolute Gasteiger partial charge is 0.142 e. The number of methoxy groups -OCH3 is 2. The number of anilines is 1. The molecule has 0 bridgehead atoms. The highest BCUT2D eigenvalue weighted by Gasteiger charge is 2.34. The van der Waals surface area contributed by atoms with Crippen molar-refractivity contribution < 1.29 is 24.1 Å². The molecular formula is C30H44N2O5S. The van der Waals surface area contributed by atoms with Crippen molar-refractivity contribution in [1.82, 2.24) is 5.32 Å². The van der Waals surface area contributed by atoms with Crippen LogP contribution in [0, 0.1) is 5.92 Å². The van der Waals surface area contributed by atoms with E-state index < -0.39 is 6.10 Å². The minimum Gasteiger partial charge on any atom is -0.490 e. The lowest BCUT2D eigenvalue weighted by Crippen LogP contribution is -2.49. The van der Waals surface area contributed by atoms with Crippen molar-refractivity contribution in [3.8, 4) is 5.75 Å². The molecule has 0 spiro atoms. The molecule has 1 saturated heterocycles. The van der Waals surface area contributed by atoms with Crippen LogP contribution in [0.15, 0.2) is 47.4 Å². The van der Waals surface area contributed by atoms with Gasteiger partial charge < -0.3 is 34.3 Å². The molecule has 2 aromatic rings. The van der Waals surface area contributed by atoms with Crippen LogP contribution in [0.3, 0.4) is 0 Å². The second kappa shape index (κ2) is 15.1. The van der Waals surface area contributed by atoms with E-state index in [-0.39, 0.29) is 12.0 Å². The Morgan fingerprint density at radius 2 is 1.97 bits per heavy atom. The average molecular weight is 545 g/mol. The zero-order chi connectivity index (χ0) is 26.7. The summed E-state index contributed by atoms with van der Waals surface area (Å²) in [6.07, 6.45) is 1.50. The van der Waals surface area contributed by atoms with Crippen LogP contribution in [0.5, 0.6) is 5.75 Å². The van der Waals surface area contributed by atoms with Crippen molar-refractivity contribution in [2.45, 2.75) is 49.4 Å². The van der Waals surface area contributed by atoms with E-state index in [2.05, 4.69) is 53.5 Å². The number of rotatable bonds is 14. The summed E-state index contributed by atoms with van der Waals surface area (Å²) >= 11 is 1.87. The van der Waals surface area contributed by atoms with E-state index in [1.54, 1.807) is 14.2 Å². The molecule has 0 aromatic heterocycles. The molecule has 0 aliphatic carbocycles. The van der Waals surface area contributed by atoms with Crippen LogP contribution in [0.1, 0.15) is 36.8 Å². The highest BCUT2D eigenvalue weighted by molar-refractivity contribution is 7.99. The Kier molecular flexibility index (Phi) is 11.6. The molecule has 38 heavy (non-hydrogen) atoms. The predicted molar refractivity (Wildman–Crippen MR) is 154 cm³/mol. The molecule has 0 radical (unpaired) electrons. The quantitative estimate of drug-likeness (QED) is 0.269. The van der Waals surface area contributed by atoms with Gasteiger partial charge in [-0.25, -0.2) is 0 Å². The molecule has 2 N–H and O–H groups in total. The summed E-state index contributed by atoms with van der Waals surface area (Å²) in [5.41, 5.74) is 3.36. The maximum absolute atomic E-state index is 10.9. The van der Waals surface area contributed by atoms with Crippen molar-refractivity contribution in [3.05, 3.63) is 53.6 Å². The first-order valence-electron chi connectivity index (χ1n) is 13.8. The number of aliphatic hydroxyl groups excluding tert-OH is 1. The fraction of sp³-hybridized carbons (Fsp3) is 0.600. The van der Waals surface area contributed by atoms with Crippen molar-refractivity contribution in [3.63, 3.8) is 0 Å². The van der Waals surface area contributed by atoms with Crippen molar-refractivity contribution >= 4 is 17.4 Å². The van der Waals surface area contributed by atoms with E-state index in [9.17, 15) is 5.11 Å². The molecule has 7 nitrogen and oxygen atoms in total. The van der Waals surface area contributed by atoms with Crippen LogP contribution in [0.2, 0.25) is 0 Å². The molecule has 2 heterocycles. The first-order valence-corrected chi connectivity index (χ1v) is 14.8. The molecule has 0 unspecified atom stereocenters. The van der Waals surface area contributed by atoms with Crippen LogP contribution in [-0.4, -0.2) is 83.3 Å². The molecule has 2 aliphatic heterocycles. The molecular weight excluding hydrogens is 500 g/mol. The van der Waals surface area contributed by atoms with E-state index in [0.29, 0.717) is 32.2 Å². The van der Waals surface area contributed by atoms with E-state index in [4.69, 9.17) is 18.9 Å². The van der Waals surface area contributed by atoms with Gasteiger partial charge in [-0.1, -0.05) is 25.1 Å². The van der Waals surface area contributed by atoms with Gasteiger partial charge in [-0.3, -0.25) is 0 Å². The average Bonchev–Trinajstić information content (AvgIpc) is 2.93. The van der Waals surface area contributed by atoms with Crippen molar-refractivity contribution in [1.29, 1.82) is 0 Å². The Bertz CT molecular complexity index is 976. The summed E-state index contributed by atoms with van der Waals surface area (Å²) in [6.45, 7) is 8.08. The maximum atomic E-state index is 10.9. The molecule has 210 valence electrons. The first-order chi connectivity index (χ1) is 18.6. The van der Waals surface area contributed by atoms with Gasteiger partial charge >= 0.3 is 0 Å². The Morgan fingerprint density at radius 1 is 1.13 bits per heavy atom. The third-order valence-corrected chi connectivity index (χ3v) is 8.38. The maximum Gasteiger partial charge on any atom is 0.142 e. The van der Waals surface area contributed by atoms with E-state index in [0.717, 1.165) is 67.5 Å². The minimum atomic E-state index is -0.490. The number of nitrogens with one attached hydrogen (secondary N) is 1. The van der Waals surface area contributed by atoms with Crippen molar-refractivity contribution in [2.75, 3.05) is 70.9 Å². The topological polar surface area (TPSA) is 72.4 Å². The molecule has 1 fully saturated rings. The summed E-state index contributed by atoms with van der Waals surface area (Å²) in [7, 11) is 3.50. The second-order valence-electron chi connectivity index (χ2n) is 10.4. The van der Waals surface area contributed by atoms with Crippen LogP contribution >= 0.6 is 11.8 Å². The number of benzene rings is 2. The fourth-order valence-corrected chi connectivity index (χ4v) is 6.33. The summed E-state index contributed by atoms with van der Waals surface area (Å²) in [5, 5.41) is 14.3. The number of piperidine rings is 1. The standard InChI is InChI=1S/C30H44N2O5S/c1-22(20-35-3)11-16-38-25-8-6-24(7-9-25)30-27(33)18-31-19-29(30)37-21-23-5-10-28-26(17-23)32(13-15-36-28)12-4-14-34-2/h5-10,17,22,27,29-31,33H,4,11-16,18-21H2,1-3H3/t22-,27-,29+,30+/m1/s1. The van der Waals surface area contributed by atoms with Crippen LogP contribution in [0.4, 0.5) is 5.69 Å². The number of nitrogens with zero attached hydrogens (tertiary/aromatic N) is 1. The number of hydrogen-bond acceptors (Lipinski definition) is 8. The largest absolute Gasteiger partial charge is 0.490 e. The summed E-state index contributed by atoms with van der Waals surface area (Å²) in [5.74, 6) is 2.50. The normalized spacial score (nSPS) is 22.1. The fourth-order valence-electron chi connectivity index (χ4n) is 5.25. The van der Waals surface area contributed by atoms with Gasteiger partial charge in [0.25, 0.3) is 0 Å². The monoisotopic (exact) mass is 544 g/mol. The van der Waals surface area contributed by atoms with Crippen LogP contribution in [0.25, 0.3) is 0 Å². The molecule has 0 saturated carbocycles. The van der Waals surface area contributed by atoms with E-state index in [1.165, 1.54) is 4.90 Å². The molecule has 8 heteroatoms. The van der Waals surface area contributed by atoms with E-state index in [1.807, 2.05) is 17.8 Å². The van der Waals surface area contributed by atoms with Gasteiger partial charge in [-0.2, -0.15) is 0 Å². The lowest BCUT2D eigenvalue weighted by atomic mass is 9.85. The lowest BCUT2D eigenvalue weighted by Gasteiger charge is -2.36. The highest BCUT2D eigenvalue weighted by Crippen LogP contribution is 2.34. The van der Waals surface area contributed by atoms with Gasteiger partial charge in [0.15, 0.2) is 0 Å². The number of β-amino-alcohol motifs (C(OH)–C–C–N with tert-alkyl or cyclic N) is 1. The summed E-state index contributed by atoms with van der Waals surface area (Å²) in [4.78, 5) is 3.62. The second-order valence-corrected chi connectivity index (χ2v) is 11.5. The number of hydrogen-bond donors (Lipinski definition) is 2. The lowest BCUT2D eigenvalue weighted by molar-refractivity contribution is -0.0328. The Labute approximate surface area is 232 Å². The van der Waals surface area contributed by atoms with Crippen LogP contribution in [-0.2, 0) is 20.8 Å². The number of ether oxygens (including phenoxy) is 4. The first kappa shape index (κ1) is 29.2. The molecule has 4 atom stereocenters. The Hall–Kier alpha value is -1.81. The molecule has 4 rings (SSSR count). The SMILES string of the molecule is COCCCN1CCOc2ccc(CO[C@H]3CNC[C@@H](O)[C@@H]3c3ccc(SCC[C@@H](C)COC)cc3)cc21. The molecule has 0 amide bonds. The predicted octanol–water partition coefficient (Wildman–Crippen LogP) is 4.32. The summed E-state index contributed by atoms with van der Waals surface area (Å²) in [6, 6.07) is 15.0. The van der Waals surface area contributed by atoms with Gasteiger partial charge in [-0.15, -0.1) is 11.8 Å². The minimum absolute atomic E-state index is 0.0662. The third kappa shape index (κ3) is 8.10. The zero-order valence-corrected chi connectivity index (χ0v) is 23.9. The third-order valence-electron chi connectivity index (χ3n) is 7.33. The number of fused-ring (bicyclic) bond motifs is 1. The van der Waals surface area contributed by atoms with Crippen molar-refractivity contribution in [2.24, 2.45) is 5.92 Å². The Morgan fingerprint density at radius 3 is 2.76 bits per heavy atom. The zero-order valence-electron chi connectivity index (χ0n) is 23.1. The van der Waals surface area contributed by atoms with Gasteiger partial charge in [0, 0.05) is 57.9 Å². The van der Waals surface area contributed by atoms with Gasteiger partial charge in [-0.05, 0) is 59.9 Å². The van der Waals surface area contributed by atoms with Crippen LogP contribution < -0.4 is 15.0 Å². The number of thioether (sulfide) groups is 1. The van der Waals surface area contributed by atoms with Gasteiger partial charge in [0.2, 0.25) is 0 Å². The highest BCUT2D eigenvalue weighted by atomic mass is 32.2. The molecule has 2 aliphatic rings. The van der Waals surface area contributed by atoms with Gasteiger partial charge in [0.1, 0.15) is 12.4 Å². The number of aliphatic hydroxyl groups is 1. The summed E-state index contributed by atoms with van der Waals surface area (Å²) < 4.78 is 22.8. The van der Waals surface area contributed by atoms with E-state index >= 15 is 0 Å². The molecule has 2 aromatic carbocycles. The van der Waals surface area contributed by atoms with Gasteiger partial charge in [0.05, 0.1) is 31.0 Å².